The fourth-order valence-corrected chi connectivity index (χ4v) is 4.40. The van der Waals surface area contributed by atoms with Crippen LogP contribution in [0, 0.1) is 0 Å². The zero-order chi connectivity index (χ0) is 14.7. The van der Waals surface area contributed by atoms with Crippen LogP contribution in [0.3, 0.4) is 0 Å². The Bertz CT molecular complexity index is 447. The monoisotopic (exact) mass is 287 g/mol. The third-order valence-corrected chi connectivity index (χ3v) is 5.51. The van der Waals surface area contributed by atoms with Gasteiger partial charge in [0, 0.05) is 31.4 Å². The van der Waals surface area contributed by atoms with Gasteiger partial charge in [0.05, 0.1) is 5.54 Å². The lowest BCUT2D eigenvalue weighted by molar-refractivity contribution is 0.255. The van der Waals surface area contributed by atoms with Gasteiger partial charge < -0.3 is 10.6 Å². The molecule has 116 valence electrons. The van der Waals surface area contributed by atoms with E-state index in [-0.39, 0.29) is 5.54 Å². The number of hydrogen-bond acceptors (Lipinski definition) is 3. The summed E-state index contributed by atoms with van der Waals surface area (Å²) in [6.45, 7) is 6.66. The maximum atomic E-state index is 6.37. The Morgan fingerprint density at radius 3 is 2.81 bits per heavy atom. The summed E-state index contributed by atoms with van der Waals surface area (Å²) in [4.78, 5) is 5.32. The van der Waals surface area contributed by atoms with Crippen molar-refractivity contribution in [3.8, 4) is 0 Å². The zero-order valence-corrected chi connectivity index (χ0v) is 13.3. The Kier molecular flexibility index (Phi) is 4.51. The van der Waals surface area contributed by atoms with Gasteiger partial charge in [-0.25, -0.2) is 0 Å². The highest BCUT2D eigenvalue weighted by Gasteiger charge is 2.51. The molecule has 2 aliphatic heterocycles. The summed E-state index contributed by atoms with van der Waals surface area (Å²) in [6.07, 6.45) is 6.34. The lowest BCUT2D eigenvalue weighted by Gasteiger charge is -2.46. The molecule has 1 aromatic rings. The molecule has 0 amide bonds. The van der Waals surface area contributed by atoms with E-state index >= 15 is 0 Å². The highest BCUT2D eigenvalue weighted by molar-refractivity contribution is 5.50. The van der Waals surface area contributed by atoms with E-state index in [1.54, 1.807) is 0 Å². The maximum Gasteiger partial charge on any atom is 0.0690 e. The summed E-state index contributed by atoms with van der Waals surface area (Å²) in [7, 11) is 0. The van der Waals surface area contributed by atoms with Crippen molar-refractivity contribution in [1.29, 1.82) is 0 Å². The predicted octanol–water partition coefficient (Wildman–Crippen LogP) is 2.86. The van der Waals surface area contributed by atoms with Gasteiger partial charge in [-0.3, -0.25) is 4.90 Å². The topological polar surface area (TPSA) is 32.5 Å². The summed E-state index contributed by atoms with van der Waals surface area (Å²) in [5.41, 5.74) is 7.86. The Morgan fingerprint density at radius 1 is 1.29 bits per heavy atom. The zero-order valence-electron chi connectivity index (χ0n) is 13.3. The van der Waals surface area contributed by atoms with Gasteiger partial charge in [-0.1, -0.05) is 31.5 Å². The van der Waals surface area contributed by atoms with E-state index in [2.05, 4.69) is 47.1 Å². The van der Waals surface area contributed by atoms with Crippen molar-refractivity contribution < 1.29 is 0 Å². The molecule has 1 aromatic carbocycles. The molecule has 0 bridgehead atoms. The van der Waals surface area contributed by atoms with E-state index < -0.39 is 0 Å². The fraction of sp³-hybridized carbons (Fsp3) is 0.667. The van der Waals surface area contributed by atoms with Crippen molar-refractivity contribution in [2.75, 3.05) is 31.1 Å². The Labute approximate surface area is 129 Å². The Hall–Kier alpha value is -1.06. The number of para-hydroxylation sites is 1. The van der Waals surface area contributed by atoms with Crippen molar-refractivity contribution in [3.63, 3.8) is 0 Å². The number of unbranched alkanes of at least 4 members (excludes halogenated alkanes) is 1. The van der Waals surface area contributed by atoms with Gasteiger partial charge in [-0.05, 0) is 44.4 Å². The van der Waals surface area contributed by atoms with Crippen LogP contribution in [0.4, 0.5) is 5.69 Å². The lowest BCUT2D eigenvalue weighted by atomic mass is 9.85. The average Bonchev–Trinajstić information content (AvgIpc) is 3.12. The number of nitrogens with zero attached hydrogens (tertiary/aromatic N) is 2. The maximum absolute atomic E-state index is 6.37. The highest BCUT2D eigenvalue weighted by Crippen LogP contribution is 2.41. The third kappa shape index (κ3) is 2.58. The van der Waals surface area contributed by atoms with E-state index in [1.165, 1.54) is 50.9 Å². The second-order valence-corrected chi connectivity index (χ2v) is 6.59. The van der Waals surface area contributed by atoms with Crippen LogP contribution < -0.4 is 10.6 Å². The highest BCUT2D eigenvalue weighted by atomic mass is 15.3. The van der Waals surface area contributed by atoms with Crippen molar-refractivity contribution in [3.05, 3.63) is 30.3 Å². The van der Waals surface area contributed by atoms with Crippen LogP contribution in [-0.4, -0.2) is 42.7 Å². The molecule has 2 saturated heterocycles. The van der Waals surface area contributed by atoms with Gasteiger partial charge in [0.1, 0.15) is 0 Å². The number of anilines is 1. The predicted molar refractivity (Wildman–Crippen MR) is 89.7 cm³/mol. The molecule has 0 aliphatic carbocycles. The van der Waals surface area contributed by atoms with E-state index in [1.807, 2.05) is 0 Å². The van der Waals surface area contributed by atoms with Gasteiger partial charge in [-0.15, -0.1) is 0 Å². The van der Waals surface area contributed by atoms with Gasteiger partial charge in [0.2, 0.25) is 0 Å². The van der Waals surface area contributed by atoms with Gasteiger partial charge in [-0.2, -0.15) is 0 Å². The molecule has 3 nitrogen and oxygen atoms in total. The molecule has 2 unspecified atom stereocenters. The smallest absolute Gasteiger partial charge is 0.0690 e. The lowest BCUT2D eigenvalue weighted by Crippen LogP contribution is -2.60. The van der Waals surface area contributed by atoms with Crippen molar-refractivity contribution >= 4 is 5.69 Å². The fourth-order valence-electron chi connectivity index (χ4n) is 4.40. The third-order valence-electron chi connectivity index (χ3n) is 5.51. The van der Waals surface area contributed by atoms with Crippen LogP contribution in [-0.2, 0) is 0 Å². The van der Waals surface area contributed by atoms with E-state index in [9.17, 15) is 0 Å². The van der Waals surface area contributed by atoms with Crippen LogP contribution in [0.5, 0.6) is 0 Å². The number of nitrogens with two attached hydrogens (primary N) is 1. The summed E-state index contributed by atoms with van der Waals surface area (Å²) in [5.74, 6) is 0. The standard InChI is InChI=1S/C18H29N3/c1-2-3-13-21(16-8-5-4-6-9-16)18(15-19)11-14-20-12-7-10-17(18)20/h4-6,8-9,17H,2-3,7,10-15,19H2,1H3. The number of rotatable bonds is 6. The molecule has 2 heterocycles. The molecule has 0 aromatic heterocycles. The molecule has 2 aliphatic rings. The van der Waals surface area contributed by atoms with E-state index in [4.69, 9.17) is 5.73 Å². The molecular formula is C18H29N3. The first-order chi connectivity index (χ1) is 10.3. The SMILES string of the molecule is CCCCN(c1ccccc1)C1(CN)CCN2CCCC21. The van der Waals surface area contributed by atoms with Crippen LogP contribution in [0.25, 0.3) is 0 Å². The minimum Gasteiger partial charge on any atom is -0.363 e. The summed E-state index contributed by atoms with van der Waals surface area (Å²) < 4.78 is 0. The molecule has 0 saturated carbocycles. The molecule has 2 fully saturated rings. The molecule has 21 heavy (non-hydrogen) atoms. The number of fused-ring (bicyclic) bond motifs is 1. The molecule has 2 atom stereocenters. The molecular weight excluding hydrogens is 258 g/mol. The Balaban J connectivity index is 1.93. The average molecular weight is 287 g/mol. The van der Waals surface area contributed by atoms with Crippen molar-refractivity contribution in [2.45, 2.75) is 50.6 Å². The first-order valence-corrected chi connectivity index (χ1v) is 8.58. The van der Waals surface area contributed by atoms with E-state index in [0.29, 0.717) is 6.04 Å². The van der Waals surface area contributed by atoms with Crippen molar-refractivity contribution in [1.82, 2.24) is 4.90 Å². The largest absolute Gasteiger partial charge is 0.363 e. The van der Waals surface area contributed by atoms with Crippen LogP contribution in [0.15, 0.2) is 30.3 Å². The number of hydrogen-bond donors (Lipinski definition) is 1. The normalized spacial score (nSPS) is 28.8. The first-order valence-electron chi connectivity index (χ1n) is 8.58. The molecule has 2 N–H and O–H groups in total. The summed E-state index contributed by atoms with van der Waals surface area (Å²) in [5, 5.41) is 0. The van der Waals surface area contributed by atoms with Crippen molar-refractivity contribution in [2.24, 2.45) is 5.73 Å². The van der Waals surface area contributed by atoms with Gasteiger partial charge in [0.25, 0.3) is 0 Å². The van der Waals surface area contributed by atoms with Crippen LogP contribution in [0.1, 0.15) is 39.0 Å². The molecule has 3 rings (SSSR count). The summed E-state index contributed by atoms with van der Waals surface area (Å²) in [6, 6.07) is 11.6. The van der Waals surface area contributed by atoms with Crippen LogP contribution >= 0.6 is 0 Å². The minimum absolute atomic E-state index is 0.146. The van der Waals surface area contributed by atoms with Gasteiger partial charge >= 0.3 is 0 Å². The number of benzene rings is 1. The molecule has 0 spiro atoms. The quantitative estimate of drug-likeness (QED) is 0.873. The molecule has 3 heteroatoms. The van der Waals surface area contributed by atoms with Crippen LogP contribution in [0.2, 0.25) is 0 Å². The molecule has 0 radical (unpaired) electrons. The Morgan fingerprint density at radius 2 is 2.10 bits per heavy atom. The summed E-state index contributed by atoms with van der Waals surface area (Å²) >= 11 is 0. The second-order valence-electron chi connectivity index (χ2n) is 6.59. The second kappa shape index (κ2) is 6.37. The van der Waals surface area contributed by atoms with E-state index in [0.717, 1.165) is 13.1 Å². The van der Waals surface area contributed by atoms with Gasteiger partial charge in [0.15, 0.2) is 0 Å². The minimum atomic E-state index is 0.146. The first kappa shape index (κ1) is 14.9.